The minimum absolute atomic E-state index is 0.108. The highest BCUT2D eigenvalue weighted by atomic mass is 32.1. The summed E-state index contributed by atoms with van der Waals surface area (Å²) >= 11 is 1.65. The maximum absolute atomic E-state index is 14.4. The maximum Gasteiger partial charge on any atom is 0.410 e. The minimum atomic E-state index is -0.214. The van der Waals surface area contributed by atoms with Gasteiger partial charge in [-0.15, -0.1) is 11.3 Å². The van der Waals surface area contributed by atoms with Gasteiger partial charge >= 0.3 is 6.09 Å². The SMILES string of the molecule is COc1ccc(C2CCC(CN(C(=O)C3CCC(OC(=O)N4CCN(C)CC4)CC3)c3cc(-c4cnc(C)s4)ccn3)CC2)cc1C. The van der Waals surface area contributed by atoms with E-state index in [9.17, 15) is 9.59 Å². The summed E-state index contributed by atoms with van der Waals surface area (Å²) in [4.78, 5) is 43.5. The summed E-state index contributed by atoms with van der Waals surface area (Å²) in [6, 6.07) is 10.6. The molecule has 3 aromatic rings. The van der Waals surface area contributed by atoms with Gasteiger partial charge in [-0.05, 0) is 119 Å². The molecule has 6 rings (SSSR count). The number of benzene rings is 1. The molecule has 2 aromatic heterocycles. The van der Waals surface area contributed by atoms with Crippen LogP contribution in [-0.4, -0.2) is 84.8 Å². The molecule has 1 aromatic carbocycles. The zero-order chi connectivity index (χ0) is 32.9. The summed E-state index contributed by atoms with van der Waals surface area (Å²) in [5.41, 5.74) is 3.60. The fraction of sp³-hybridized carbons (Fsp3) is 0.568. The van der Waals surface area contributed by atoms with Gasteiger partial charge in [0, 0.05) is 51.0 Å². The smallest absolute Gasteiger partial charge is 0.410 e. The Morgan fingerprint density at radius 3 is 2.34 bits per heavy atom. The molecule has 0 radical (unpaired) electrons. The van der Waals surface area contributed by atoms with E-state index in [0.29, 0.717) is 57.2 Å². The Bertz CT molecular complexity index is 1520. The average molecular weight is 660 g/mol. The zero-order valence-corrected chi connectivity index (χ0v) is 29.1. The Kier molecular flexibility index (Phi) is 10.8. The van der Waals surface area contributed by atoms with E-state index in [1.165, 1.54) is 11.1 Å². The van der Waals surface area contributed by atoms with Crippen molar-refractivity contribution in [2.75, 3.05) is 51.8 Å². The summed E-state index contributed by atoms with van der Waals surface area (Å²) < 4.78 is 11.4. The molecule has 3 fully saturated rings. The monoisotopic (exact) mass is 659 g/mol. The van der Waals surface area contributed by atoms with Crippen LogP contribution in [0.4, 0.5) is 10.6 Å². The number of piperazine rings is 1. The van der Waals surface area contributed by atoms with Crippen molar-refractivity contribution in [3.63, 3.8) is 0 Å². The lowest BCUT2D eigenvalue weighted by molar-refractivity contribution is -0.124. The highest BCUT2D eigenvalue weighted by Gasteiger charge is 2.35. The number of hydrogen-bond acceptors (Lipinski definition) is 8. The van der Waals surface area contributed by atoms with E-state index in [-0.39, 0.29) is 24.0 Å². The second-order valence-electron chi connectivity index (χ2n) is 13.7. The number of aryl methyl sites for hydroxylation is 2. The van der Waals surface area contributed by atoms with Crippen LogP contribution < -0.4 is 9.64 Å². The molecular formula is C37H49N5O4S. The van der Waals surface area contributed by atoms with Gasteiger partial charge in [0.1, 0.15) is 17.7 Å². The molecule has 0 bridgehead atoms. The highest BCUT2D eigenvalue weighted by molar-refractivity contribution is 7.15. The second kappa shape index (κ2) is 15.2. The van der Waals surface area contributed by atoms with Crippen LogP contribution in [-0.2, 0) is 9.53 Å². The first-order valence-corrected chi connectivity index (χ1v) is 18.1. The Morgan fingerprint density at radius 2 is 1.68 bits per heavy atom. The molecule has 1 aliphatic heterocycles. The van der Waals surface area contributed by atoms with E-state index in [2.05, 4.69) is 48.1 Å². The number of aromatic nitrogens is 2. The van der Waals surface area contributed by atoms with Gasteiger partial charge in [0.05, 0.1) is 17.0 Å². The van der Waals surface area contributed by atoms with Crippen molar-refractivity contribution in [2.45, 2.75) is 77.2 Å². The molecule has 3 heterocycles. The summed E-state index contributed by atoms with van der Waals surface area (Å²) in [5, 5.41) is 1.01. The molecular weight excluding hydrogens is 611 g/mol. The van der Waals surface area contributed by atoms with Gasteiger partial charge in [0.15, 0.2) is 0 Å². The average Bonchev–Trinajstić information content (AvgIpc) is 3.54. The first-order valence-electron chi connectivity index (χ1n) is 17.3. The number of thiazole rings is 1. The van der Waals surface area contributed by atoms with Crippen molar-refractivity contribution < 1.29 is 19.1 Å². The highest BCUT2D eigenvalue weighted by Crippen LogP contribution is 2.39. The van der Waals surface area contributed by atoms with Crippen molar-refractivity contribution in [3.8, 4) is 16.2 Å². The third-order valence-corrected chi connectivity index (χ3v) is 11.4. The van der Waals surface area contributed by atoms with Crippen molar-refractivity contribution in [2.24, 2.45) is 11.8 Å². The topological polar surface area (TPSA) is 88.1 Å². The van der Waals surface area contributed by atoms with E-state index in [0.717, 1.165) is 65.8 Å². The van der Waals surface area contributed by atoms with E-state index in [1.54, 1.807) is 18.4 Å². The van der Waals surface area contributed by atoms with Crippen molar-refractivity contribution in [3.05, 3.63) is 58.9 Å². The van der Waals surface area contributed by atoms with E-state index < -0.39 is 0 Å². The number of ether oxygens (including phenoxy) is 2. The van der Waals surface area contributed by atoms with Crippen molar-refractivity contribution >= 4 is 29.2 Å². The number of pyridine rings is 1. The lowest BCUT2D eigenvalue weighted by Crippen LogP contribution is -2.48. The standard InChI is InChI=1S/C37H49N5O4S/c1-25-21-30(11-14-33(25)45-4)28-7-5-27(6-8-28)24-42(35-22-31(15-16-38-35)34-23-39-26(2)47-34)36(43)29-9-12-32(13-10-29)46-37(44)41-19-17-40(3)18-20-41/h11,14-16,21-23,27-29,32H,5-10,12-13,17-20,24H2,1-4H3. The van der Waals surface area contributed by atoms with Crippen LogP contribution in [0.2, 0.25) is 0 Å². The van der Waals surface area contributed by atoms with Crippen LogP contribution in [0.15, 0.2) is 42.7 Å². The van der Waals surface area contributed by atoms with Gasteiger partial charge in [-0.25, -0.2) is 14.8 Å². The molecule has 2 amide bonds. The van der Waals surface area contributed by atoms with Gasteiger partial charge < -0.3 is 19.3 Å². The molecule has 3 aliphatic rings. The minimum Gasteiger partial charge on any atom is -0.496 e. The summed E-state index contributed by atoms with van der Waals surface area (Å²) in [7, 11) is 3.80. The number of anilines is 1. The summed E-state index contributed by atoms with van der Waals surface area (Å²) in [6.07, 6.45) is 10.6. The van der Waals surface area contributed by atoms with Crippen molar-refractivity contribution in [1.82, 2.24) is 19.8 Å². The number of carbonyl (C=O) groups is 2. The predicted octanol–water partition coefficient (Wildman–Crippen LogP) is 7.08. The number of nitrogens with zero attached hydrogens (tertiary/aromatic N) is 5. The molecule has 2 saturated carbocycles. The maximum atomic E-state index is 14.4. The van der Waals surface area contributed by atoms with Crippen LogP contribution >= 0.6 is 11.3 Å². The molecule has 10 heteroatoms. The molecule has 0 spiro atoms. The van der Waals surface area contributed by atoms with E-state index in [1.807, 2.05) is 35.2 Å². The number of likely N-dealkylation sites (N-methyl/N-ethyl adjacent to an activating group) is 1. The normalized spacial score (nSPS) is 23.7. The third kappa shape index (κ3) is 8.15. The summed E-state index contributed by atoms with van der Waals surface area (Å²) in [5.74, 6) is 2.62. The third-order valence-electron chi connectivity index (χ3n) is 10.4. The van der Waals surface area contributed by atoms with Crippen LogP contribution in [0.5, 0.6) is 5.75 Å². The van der Waals surface area contributed by atoms with Crippen LogP contribution in [0.25, 0.3) is 10.4 Å². The quantitative estimate of drug-likeness (QED) is 0.255. The lowest BCUT2D eigenvalue weighted by Gasteiger charge is -2.36. The van der Waals surface area contributed by atoms with Gasteiger partial charge in [-0.1, -0.05) is 12.1 Å². The number of rotatable bonds is 8. The molecule has 0 atom stereocenters. The number of methoxy groups -OCH3 is 1. The molecule has 0 N–H and O–H groups in total. The number of carbonyl (C=O) groups excluding carboxylic acids is 2. The Morgan fingerprint density at radius 1 is 0.936 bits per heavy atom. The van der Waals surface area contributed by atoms with E-state index >= 15 is 0 Å². The molecule has 1 saturated heterocycles. The van der Waals surface area contributed by atoms with Crippen LogP contribution in [0.1, 0.15) is 73.4 Å². The Balaban J connectivity index is 1.12. The summed E-state index contributed by atoms with van der Waals surface area (Å²) in [6.45, 7) is 7.93. The molecule has 252 valence electrons. The van der Waals surface area contributed by atoms with Gasteiger partial charge in [0.25, 0.3) is 0 Å². The predicted molar refractivity (Wildman–Crippen MR) is 186 cm³/mol. The largest absolute Gasteiger partial charge is 0.496 e. The second-order valence-corrected chi connectivity index (χ2v) is 14.9. The fourth-order valence-corrected chi connectivity index (χ4v) is 8.23. The van der Waals surface area contributed by atoms with Gasteiger partial charge in [-0.2, -0.15) is 0 Å². The fourth-order valence-electron chi connectivity index (χ4n) is 7.46. The molecule has 2 aliphatic carbocycles. The Hall–Kier alpha value is -3.50. The first kappa shape index (κ1) is 33.4. The number of amides is 2. The first-order chi connectivity index (χ1) is 22.8. The van der Waals surface area contributed by atoms with Crippen molar-refractivity contribution in [1.29, 1.82) is 0 Å². The zero-order valence-electron chi connectivity index (χ0n) is 28.3. The van der Waals surface area contributed by atoms with Gasteiger partial charge in [0.2, 0.25) is 5.91 Å². The molecule has 9 nitrogen and oxygen atoms in total. The van der Waals surface area contributed by atoms with E-state index in [4.69, 9.17) is 14.5 Å². The molecule has 47 heavy (non-hydrogen) atoms. The number of hydrogen-bond donors (Lipinski definition) is 0. The van der Waals surface area contributed by atoms with Gasteiger partial charge in [-0.3, -0.25) is 9.69 Å². The van der Waals surface area contributed by atoms with Crippen LogP contribution in [0, 0.1) is 25.7 Å². The lowest BCUT2D eigenvalue weighted by atomic mass is 9.78. The van der Waals surface area contributed by atoms with Crippen LogP contribution in [0.3, 0.4) is 0 Å². The Labute approximate surface area is 283 Å². The molecule has 0 unspecified atom stereocenters.